The SMILES string of the molecule is Cc1ccccc1N1CCN(CCCC(c2ccccc2)S(=O)(=O)c2ccccc2)CC1. The summed E-state index contributed by atoms with van der Waals surface area (Å²) >= 11 is 0. The number of sulfone groups is 1. The van der Waals surface area contributed by atoms with Gasteiger partial charge in [-0.2, -0.15) is 0 Å². The second-order valence-corrected chi connectivity index (χ2v) is 10.6. The van der Waals surface area contributed by atoms with E-state index in [1.165, 1.54) is 11.3 Å². The van der Waals surface area contributed by atoms with Crippen molar-refractivity contribution in [3.63, 3.8) is 0 Å². The minimum absolute atomic E-state index is 0.403. The largest absolute Gasteiger partial charge is 0.369 e. The lowest BCUT2D eigenvalue weighted by molar-refractivity contribution is 0.252. The summed E-state index contributed by atoms with van der Waals surface area (Å²) in [6.07, 6.45) is 1.48. The van der Waals surface area contributed by atoms with Crippen molar-refractivity contribution >= 4 is 15.5 Å². The Morgan fingerprint density at radius 3 is 2.03 bits per heavy atom. The highest BCUT2D eigenvalue weighted by Crippen LogP contribution is 2.33. The van der Waals surface area contributed by atoms with Gasteiger partial charge in [0, 0.05) is 31.9 Å². The Morgan fingerprint density at radius 1 is 0.781 bits per heavy atom. The van der Waals surface area contributed by atoms with Crippen molar-refractivity contribution in [2.45, 2.75) is 29.9 Å². The molecule has 0 spiro atoms. The van der Waals surface area contributed by atoms with Crippen LogP contribution in [0.15, 0.2) is 89.8 Å². The number of nitrogens with zero attached hydrogens (tertiary/aromatic N) is 2. The summed E-state index contributed by atoms with van der Waals surface area (Å²) in [7, 11) is -3.43. The number of hydrogen-bond acceptors (Lipinski definition) is 4. The highest BCUT2D eigenvalue weighted by molar-refractivity contribution is 7.91. The molecule has 0 saturated carbocycles. The van der Waals surface area contributed by atoms with Gasteiger partial charge >= 0.3 is 0 Å². The molecule has 168 valence electrons. The van der Waals surface area contributed by atoms with Crippen LogP contribution in [0.4, 0.5) is 5.69 Å². The van der Waals surface area contributed by atoms with Gasteiger partial charge in [-0.25, -0.2) is 8.42 Å². The van der Waals surface area contributed by atoms with Crippen molar-refractivity contribution in [3.8, 4) is 0 Å². The molecule has 4 rings (SSSR count). The van der Waals surface area contributed by atoms with Gasteiger partial charge in [0.25, 0.3) is 0 Å². The number of benzene rings is 3. The molecule has 1 atom stereocenters. The van der Waals surface area contributed by atoms with Crippen molar-refractivity contribution in [1.29, 1.82) is 0 Å². The van der Waals surface area contributed by atoms with Crippen molar-refractivity contribution in [2.24, 2.45) is 0 Å². The highest BCUT2D eigenvalue weighted by Gasteiger charge is 2.29. The Labute approximate surface area is 192 Å². The number of piperazine rings is 1. The fourth-order valence-corrected chi connectivity index (χ4v) is 6.43. The summed E-state index contributed by atoms with van der Waals surface area (Å²) in [4.78, 5) is 5.32. The molecule has 1 fully saturated rings. The zero-order valence-corrected chi connectivity index (χ0v) is 19.5. The van der Waals surface area contributed by atoms with E-state index in [1.807, 2.05) is 36.4 Å². The zero-order valence-electron chi connectivity index (χ0n) is 18.7. The topological polar surface area (TPSA) is 40.6 Å². The lowest BCUT2D eigenvalue weighted by Gasteiger charge is -2.37. The van der Waals surface area contributed by atoms with Crippen LogP contribution in [0.5, 0.6) is 0 Å². The minimum Gasteiger partial charge on any atom is -0.369 e. The molecule has 1 heterocycles. The van der Waals surface area contributed by atoms with Gasteiger partial charge in [0.2, 0.25) is 0 Å². The van der Waals surface area contributed by atoms with E-state index in [0.29, 0.717) is 11.3 Å². The Kier molecular flexibility index (Phi) is 7.28. The molecule has 0 aromatic heterocycles. The molecular formula is C27H32N2O2S. The standard InChI is InChI=1S/C27H32N2O2S/c1-23-11-8-9-16-26(23)29-21-19-28(20-22-29)18-10-17-27(24-12-4-2-5-13-24)32(30,31)25-14-6-3-7-15-25/h2-9,11-16,27H,10,17-22H2,1H3. The van der Waals surface area contributed by atoms with Gasteiger partial charge in [-0.1, -0.05) is 66.7 Å². The second kappa shape index (κ2) is 10.3. The Morgan fingerprint density at radius 2 is 1.38 bits per heavy atom. The van der Waals surface area contributed by atoms with Gasteiger partial charge in [-0.05, 0) is 55.6 Å². The van der Waals surface area contributed by atoms with Gasteiger partial charge < -0.3 is 4.90 Å². The zero-order chi connectivity index (χ0) is 22.4. The fraction of sp³-hybridized carbons (Fsp3) is 0.333. The first-order chi connectivity index (χ1) is 15.6. The van der Waals surface area contributed by atoms with Crippen LogP contribution in [-0.2, 0) is 9.84 Å². The fourth-order valence-electron chi connectivity index (χ4n) is 4.57. The maximum absolute atomic E-state index is 13.4. The van der Waals surface area contributed by atoms with Gasteiger partial charge in [0.1, 0.15) is 0 Å². The summed E-state index contributed by atoms with van der Waals surface area (Å²) in [5.41, 5.74) is 3.52. The van der Waals surface area contributed by atoms with E-state index in [2.05, 4.69) is 41.0 Å². The average molecular weight is 449 g/mol. The first kappa shape index (κ1) is 22.6. The van der Waals surface area contributed by atoms with Crippen LogP contribution in [0, 0.1) is 6.92 Å². The smallest absolute Gasteiger partial charge is 0.185 e. The molecule has 1 aliphatic rings. The van der Waals surface area contributed by atoms with Gasteiger partial charge in [-0.3, -0.25) is 4.90 Å². The molecule has 0 amide bonds. The summed E-state index contributed by atoms with van der Waals surface area (Å²) < 4.78 is 26.9. The molecule has 4 nitrogen and oxygen atoms in total. The predicted octanol–water partition coefficient (Wildman–Crippen LogP) is 5.11. The van der Waals surface area contributed by atoms with Crippen LogP contribution < -0.4 is 4.90 Å². The third kappa shape index (κ3) is 5.22. The number of anilines is 1. The summed E-state index contributed by atoms with van der Waals surface area (Å²) in [5.74, 6) is 0. The van der Waals surface area contributed by atoms with E-state index in [4.69, 9.17) is 0 Å². The molecule has 0 aliphatic carbocycles. The molecule has 1 aliphatic heterocycles. The number of hydrogen-bond donors (Lipinski definition) is 0. The Hall–Kier alpha value is -2.63. The Bertz CT molecular complexity index is 1090. The number of para-hydroxylation sites is 1. The summed E-state index contributed by atoms with van der Waals surface area (Å²) in [6.45, 7) is 7.13. The molecule has 3 aromatic rings. The predicted molar refractivity (Wildman–Crippen MR) is 132 cm³/mol. The quantitative estimate of drug-likeness (QED) is 0.480. The number of rotatable bonds is 8. The molecule has 1 unspecified atom stereocenters. The highest BCUT2D eigenvalue weighted by atomic mass is 32.2. The maximum atomic E-state index is 13.4. The summed E-state index contributed by atoms with van der Waals surface area (Å²) in [6, 6.07) is 27.1. The second-order valence-electron chi connectivity index (χ2n) is 8.51. The van der Waals surface area contributed by atoms with Crippen LogP contribution in [0.1, 0.15) is 29.2 Å². The summed E-state index contributed by atoms with van der Waals surface area (Å²) in [5, 5.41) is -0.514. The van der Waals surface area contributed by atoms with Crippen LogP contribution in [0.2, 0.25) is 0 Å². The first-order valence-corrected chi connectivity index (χ1v) is 13.0. The molecule has 0 bridgehead atoms. The van der Waals surface area contributed by atoms with Crippen LogP contribution in [0.3, 0.4) is 0 Å². The van der Waals surface area contributed by atoms with E-state index in [1.54, 1.807) is 24.3 Å². The molecule has 0 N–H and O–H groups in total. The van der Waals surface area contributed by atoms with Crippen LogP contribution >= 0.6 is 0 Å². The van der Waals surface area contributed by atoms with Gasteiger partial charge in [0.15, 0.2) is 9.84 Å². The first-order valence-electron chi connectivity index (χ1n) is 11.4. The molecule has 3 aromatic carbocycles. The van der Waals surface area contributed by atoms with Crippen LogP contribution in [-0.4, -0.2) is 46.0 Å². The van der Waals surface area contributed by atoms with Gasteiger partial charge in [0.05, 0.1) is 10.1 Å². The molecule has 1 saturated heterocycles. The van der Waals surface area contributed by atoms with Crippen molar-refractivity contribution in [3.05, 3.63) is 96.1 Å². The van der Waals surface area contributed by atoms with Crippen molar-refractivity contribution in [2.75, 3.05) is 37.6 Å². The van der Waals surface area contributed by atoms with Crippen LogP contribution in [0.25, 0.3) is 0 Å². The average Bonchev–Trinajstić information content (AvgIpc) is 2.84. The third-order valence-electron chi connectivity index (χ3n) is 6.39. The maximum Gasteiger partial charge on any atom is 0.185 e. The molecular weight excluding hydrogens is 416 g/mol. The lowest BCUT2D eigenvalue weighted by atomic mass is 10.1. The van der Waals surface area contributed by atoms with Crippen molar-refractivity contribution < 1.29 is 8.42 Å². The minimum atomic E-state index is -3.43. The normalized spacial score (nSPS) is 16.1. The molecule has 5 heteroatoms. The molecule has 32 heavy (non-hydrogen) atoms. The monoisotopic (exact) mass is 448 g/mol. The Balaban J connectivity index is 1.38. The van der Waals surface area contributed by atoms with E-state index in [9.17, 15) is 8.42 Å². The lowest BCUT2D eigenvalue weighted by Crippen LogP contribution is -2.46. The van der Waals surface area contributed by atoms with E-state index in [-0.39, 0.29) is 0 Å². The van der Waals surface area contributed by atoms with E-state index < -0.39 is 15.1 Å². The van der Waals surface area contributed by atoms with Crippen molar-refractivity contribution in [1.82, 2.24) is 4.90 Å². The molecule has 0 radical (unpaired) electrons. The number of aryl methyl sites for hydroxylation is 1. The van der Waals surface area contributed by atoms with Gasteiger partial charge in [-0.15, -0.1) is 0 Å². The van der Waals surface area contributed by atoms with E-state index in [0.717, 1.165) is 44.7 Å². The van der Waals surface area contributed by atoms with E-state index >= 15 is 0 Å². The third-order valence-corrected chi connectivity index (χ3v) is 8.57.